The quantitative estimate of drug-likeness (QED) is 0.930. The predicted octanol–water partition coefficient (Wildman–Crippen LogP) is 3.40. The number of hydrogen-bond donors (Lipinski definition) is 1. The van der Waals surface area contributed by atoms with Gasteiger partial charge in [-0.1, -0.05) is 29.4 Å². The summed E-state index contributed by atoms with van der Waals surface area (Å²) in [5, 5.41) is 10.0. The summed E-state index contributed by atoms with van der Waals surface area (Å²) in [5.74, 6) is 0. The van der Waals surface area contributed by atoms with Crippen LogP contribution in [0.1, 0.15) is 18.6 Å². The van der Waals surface area contributed by atoms with Gasteiger partial charge in [0.25, 0.3) is 0 Å². The van der Waals surface area contributed by atoms with Crippen LogP contribution < -0.4 is 0 Å². The van der Waals surface area contributed by atoms with Crippen LogP contribution in [0.3, 0.4) is 0 Å². The van der Waals surface area contributed by atoms with E-state index in [1.165, 1.54) is 29.6 Å². The Hall–Kier alpha value is -0.620. The molecule has 1 aromatic carbocycles. The average molecular weight is 273 g/mol. The Morgan fingerprint density at radius 2 is 2.31 bits per heavy atom. The molecule has 6 heteroatoms. The van der Waals surface area contributed by atoms with Gasteiger partial charge in [-0.3, -0.25) is 0 Å². The van der Waals surface area contributed by atoms with Crippen molar-refractivity contribution in [2.75, 3.05) is 0 Å². The summed E-state index contributed by atoms with van der Waals surface area (Å²) in [6.07, 6.45) is 1.02. The second-order valence-corrected chi connectivity index (χ2v) is 5.65. The summed E-state index contributed by atoms with van der Waals surface area (Å²) in [6.45, 7) is 1.71. The number of halogens is 1. The van der Waals surface area contributed by atoms with E-state index in [0.29, 0.717) is 5.02 Å². The number of aliphatic hydroxyl groups is 1. The molecule has 1 N–H and O–H groups in total. The van der Waals surface area contributed by atoms with Gasteiger partial charge in [0.15, 0.2) is 4.34 Å². The van der Waals surface area contributed by atoms with Crippen LogP contribution in [0.15, 0.2) is 33.8 Å². The summed E-state index contributed by atoms with van der Waals surface area (Å²) in [7, 11) is 0. The highest BCUT2D eigenvalue weighted by Crippen LogP contribution is 2.34. The van der Waals surface area contributed by atoms with Gasteiger partial charge in [-0.15, -0.1) is 0 Å². The fraction of sp³-hybridized carbons (Fsp3) is 0.200. The molecule has 1 atom stereocenters. The summed E-state index contributed by atoms with van der Waals surface area (Å²) in [6, 6.07) is 5.52. The Labute approximate surface area is 107 Å². The molecule has 0 aliphatic heterocycles. The lowest BCUT2D eigenvalue weighted by molar-refractivity contribution is 0.199. The van der Waals surface area contributed by atoms with Crippen LogP contribution in [0.5, 0.6) is 0 Å². The smallest absolute Gasteiger partial charge is 0.174 e. The number of aliphatic hydroxyl groups excluding tert-OH is 1. The van der Waals surface area contributed by atoms with Crippen LogP contribution >= 0.6 is 34.9 Å². The molecule has 3 nitrogen and oxygen atoms in total. The zero-order chi connectivity index (χ0) is 11.5. The Balaban J connectivity index is 2.23. The Bertz CT molecular complexity index is 474. The number of nitrogens with zero attached hydrogens (tertiary/aromatic N) is 2. The van der Waals surface area contributed by atoms with Gasteiger partial charge in [0, 0.05) is 4.90 Å². The van der Waals surface area contributed by atoms with Gasteiger partial charge in [-0.2, -0.15) is 4.37 Å². The molecule has 84 valence electrons. The van der Waals surface area contributed by atoms with Crippen molar-refractivity contribution in [2.24, 2.45) is 0 Å². The molecule has 1 aromatic heterocycles. The largest absolute Gasteiger partial charge is 0.389 e. The van der Waals surface area contributed by atoms with Crippen molar-refractivity contribution in [1.82, 2.24) is 9.36 Å². The lowest BCUT2D eigenvalue weighted by Gasteiger charge is -2.07. The highest BCUT2D eigenvalue weighted by Gasteiger charge is 2.08. The Kier molecular flexibility index (Phi) is 3.81. The van der Waals surface area contributed by atoms with E-state index in [4.69, 9.17) is 11.6 Å². The lowest BCUT2D eigenvalue weighted by atomic mass is 10.1. The first-order valence-corrected chi connectivity index (χ1v) is 6.55. The van der Waals surface area contributed by atoms with E-state index in [9.17, 15) is 5.11 Å². The molecule has 0 aliphatic rings. The minimum atomic E-state index is -0.502. The monoisotopic (exact) mass is 272 g/mol. The highest BCUT2D eigenvalue weighted by atomic mass is 35.5. The number of aromatic nitrogens is 2. The fourth-order valence-electron chi connectivity index (χ4n) is 1.16. The molecule has 0 saturated heterocycles. The van der Waals surface area contributed by atoms with E-state index in [1.54, 1.807) is 13.0 Å². The molecule has 2 rings (SSSR count). The first-order valence-electron chi connectivity index (χ1n) is 4.59. The maximum absolute atomic E-state index is 9.41. The topological polar surface area (TPSA) is 46.0 Å². The predicted molar refractivity (Wildman–Crippen MR) is 66.1 cm³/mol. The zero-order valence-corrected chi connectivity index (χ0v) is 10.8. The van der Waals surface area contributed by atoms with Crippen LogP contribution in [-0.4, -0.2) is 14.5 Å². The van der Waals surface area contributed by atoms with Gasteiger partial charge in [-0.05, 0) is 36.2 Å². The van der Waals surface area contributed by atoms with Gasteiger partial charge in [0.2, 0.25) is 0 Å². The van der Waals surface area contributed by atoms with Gasteiger partial charge in [-0.25, -0.2) is 4.98 Å². The molecular weight excluding hydrogens is 264 g/mol. The van der Waals surface area contributed by atoms with Crippen molar-refractivity contribution in [3.63, 3.8) is 0 Å². The van der Waals surface area contributed by atoms with Crippen molar-refractivity contribution in [1.29, 1.82) is 0 Å². The SMILES string of the molecule is CC(O)c1ccc(Sc2ncns2)c(Cl)c1. The third-order valence-corrected chi connectivity index (χ3v) is 4.19. The Morgan fingerprint density at radius 3 is 2.88 bits per heavy atom. The lowest BCUT2D eigenvalue weighted by Crippen LogP contribution is -1.90. The number of benzene rings is 1. The molecule has 0 aliphatic carbocycles. The van der Waals surface area contributed by atoms with Crippen molar-refractivity contribution >= 4 is 34.9 Å². The maximum atomic E-state index is 9.41. The molecule has 0 bridgehead atoms. The number of hydrogen-bond acceptors (Lipinski definition) is 5. The van der Waals surface area contributed by atoms with E-state index >= 15 is 0 Å². The summed E-state index contributed by atoms with van der Waals surface area (Å²) in [4.78, 5) is 4.99. The summed E-state index contributed by atoms with van der Waals surface area (Å²) >= 11 is 8.92. The highest BCUT2D eigenvalue weighted by molar-refractivity contribution is 8.01. The van der Waals surface area contributed by atoms with Gasteiger partial charge in [0.05, 0.1) is 11.1 Å². The molecule has 0 saturated carbocycles. The van der Waals surface area contributed by atoms with Gasteiger partial charge < -0.3 is 5.11 Å². The van der Waals surface area contributed by atoms with Crippen LogP contribution in [0, 0.1) is 0 Å². The van der Waals surface area contributed by atoms with Crippen molar-refractivity contribution < 1.29 is 5.11 Å². The van der Waals surface area contributed by atoms with Crippen LogP contribution in [0.25, 0.3) is 0 Å². The first kappa shape index (κ1) is 11.9. The van der Waals surface area contributed by atoms with Crippen LogP contribution in [0.4, 0.5) is 0 Å². The molecule has 1 heterocycles. The van der Waals surface area contributed by atoms with E-state index < -0.39 is 6.10 Å². The summed E-state index contributed by atoms with van der Waals surface area (Å²) in [5.41, 5.74) is 0.812. The molecule has 0 fully saturated rings. The second kappa shape index (κ2) is 5.14. The molecular formula is C10H9ClN2OS2. The molecule has 0 radical (unpaired) electrons. The van der Waals surface area contributed by atoms with Crippen molar-refractivity contribution in [3.05, 3.63) is 35.1 Å². The fourth-order valence-corrected chi connectivity index (χ4v) is 2.87. The molecule has 0 spiro atoms. The van der Waals surface area contributed by atoms with E-state index in [2.05, 4.69) is 9.36 Å². The van der Waals surface area contributed by atoms with Crippen molar-refractivity contribution in [2.45, 2.75) is 22.3 Å². The first-order chi connectivity index (χ1) is 7.66. The zero-order valence-electron chi connectivity index (χ0n) is 8.42. The average Bonchev–Trinajstić information content (AvgIpc) is 2.73. The van der Waals surface area contributed by atoms with E-state index in [-0.39, 0.29) is 0 Å². The standard InChI is InChI=1S/C10H9ClN2OS2/c1-6(14)7-2-3-9(8(11)4-7)15-10-12-5-13-16-10/h2-6,14H,1H3. The molecule has 0 amide bonds. The maximum Gasteiger partial charge on any atom is 0.174 e. The summed E-state index contributed by atoms with van der Waals surface area (Å²) < 4.78 is 4.77. The molecule has 2 aromatic rings. The minimum absolute atomic E-state index is 0.502. The van der Waals surface area contributed by atoms with Gasteiger partial charge in [0.1, 0.15) is 6.33 Å². The van der Waals surface area contributed by atoms with Crippen LogP contribution in [-0.2, 0) is 0 Å². The second-order valence-electron chi connectivity index (χ2n) is 3.18. The third kappa shape index (κ3) is 2.74. The third-order valence-electron chi connectivity index (χ3n) is 1.98. The van der Waals surface area contributed by atoms with Crippen LogP contribution in [0.2, 0.25) is 5.02 Å². The molecule has 1 unspecified atom stereocenters. The van der Waals surface area contributed by atoms with E-state index in [1.807, 2.05) is 12.1 Å². The number of rotatable bonds is 3. The van der Waals surface area contributed by atoms with Crippen molar-refractivity contribution in [3.8, 4) is 0 Å². The Morgan fingerprint density at radius 1 is 1.50 bits per heavy atom. The van der Waals surface area contributed by atoms with E-state index in [0.717, 1.165) is 14.8 Å². The molecule has 16 heavy (non-hydrogen) atoms. The van der Waals surface area contributed by atoms with Gasteiger partial charge >= 0.3 is 0 Å². The normalized spacial score (nSPS) is 12.7. The minimum Gasteiger partial charge on any atom is -0.389 e.